The van der Waals surface area contributed by atoms with E-state index in [-0.39, 0.29) is 11.6 Å². The lowest BCUT2D eigenvalue weighted by atomic mass is 10.1. The molecule has 1 aromatic carbocycles. The van der Waals surface area contributed by atoms with E-state index in [1.54, 1.807) is 0 Å². The first kappa shape index (κ1) is 13.4. The maximum absolute atomic E-state index is 12.9. The van der Waals surface area contributed by atoms with Gasteiger partial charge in [-0.2, -0.15) is 0 Å². The molecule has 4 nitrogen and oxygen atoms in total. The van der Waals surface area contributed by atoms with Crippen LogP contribution in [0.15, 0.2) is 18.2 Å². The predicted molar refractivity (Wildman–Crippen MR) is 64.1 cm³/mol. The molecular weight excluding hydrogens is 223 g/mol. The Morgan fingerprint density at radius 3 is 2.88 bits per heavy atom. The summed E-state index contributed by atoms with van der Waals surface area (Å²) in [7, 11) is 0. The molecule has 1 rings (SSSR count). The second kappa shape index (κ2) is 6.20. The number of carbonyl (C=O) groups excluding carboxylic acids is 1. The van der Waals surface area contributed by atoms with E-state index in [0.717, 1.165) is 6.07 Å². The number of nitrogen functional groups attached to an aromatic ring is 1. The van der Waals surface area contributed by atoms with Gasteiger partial charge in [-0.25, -0.2) is 4.39 Å². The highest BCUT2D eigenvalue weighted by Gasteiger charge is 2.08. The van der Waals surface area contributed by atoms with Gasteiger partial charge in [-0.3, -0.25) is 4.79 Å². The molecular formula is C12H17FN2O2. The van der Waals surface area contributed by atoms with Crippen molar-refractivity contribution in [2.75, 3.05) is 12.3 Å². The van der Waals surface area contributed by atoms with Crippen LogP contribution in [-0.2, 0) is 0 Å². The molecule has 1 atom stereocenters. The first-order chi connectivity index (χ1) is 8.04. The fourth-order valence-corrected chi connectivity index (χ4v) is 1.34. The van der Waals surface area contributed by atoms with Crippen molar-refractivity contribution in [3.63, 3.8) is 0 Å². The van der Waals surface area contributed by atoms with E-state index in [9.17, 15) is 14.3 Å². The Morgan fingerprint density at radius 1 is 1.59 bits per heavy atom. The minimum Gasteiger partial charge on any atom is -0.396 e. The topological polar surface area (TPSA) is 75.3 Å². The monoisotopic (exact) mass is 240 g/mol. The molecule has 0 saturated heterocycles. The molecule has 0 spiro atoms. The van der Waals surface area contributed by atoms with Gasteiger partial charge in [-0.1, -0.05) is 6.92 Å². The molecule has 4 N–H and O–H groups in total. The van der Waals surface area contributed by atoms with Crippen LogP contribution in [0.4, 0.5) is 10.1 Å². The fourth-order valence-electron chi connectivity index (χ4n) is 1.34. The summed E-state index contributed by atoms with van der Waals surface area (Å²) in [5.74, 6) is -0.858. The van der Waals surface area contributed by atoms with E-state index in [0.29, 0.717) is 24.9 Å². The standard InChI is InChI=1S/C12H17FN2O2/c1-2-9(16)5-6-15-12(17)8-3-4-10(13)11(14)7-8/h3-4,7,9,16H,2,5-6,14H2,1H3,(H,15,17). The molecule has 1 aromatic rings. The summed E-state index contributed by atoms with van der Waals surface area (Å²) in [6, 6.07) is 3.82. The molecule has 0 aliphatic heterocycles. The summed E-state index contributed by atoms with van der Waals surface area (Å²) < 4.78 is 12.9. The summed E-state index contributed by atoms with van der Waals surface area (Å²) in [5, 5.41) is 11.9. The molecule has 0 aliphatic carbocycles. The zero-order valence-corrected chi connectivity index (χ0v) is 9.74. The van der Waals surface area contributed by atoms with Crippen LogP contribution in [0.1, 0.15) is 30.1 Å². The van der Waals surface area contributed by atoms with Crippen LogP contribution in [0, 0.1) is 5.82 Å². The SMILES string of the molecule is CCC(O)CCNC(=O)c1ccc(F)c(N)c1. The second-order valence-corrected chi connectivity index (χ2v) is 3.84. The van der Waals surface area contributed by atoms with Crippen molar-refractivity contribution >= 4 is 11.6 Å². The number of amides is 1. The molecule has 94 valence electrons. The molecule has 5 heteroatoms. The van der Waals surface area contributed by atoms with Crippen LogP contribution in [0.3, 0.4) is 0 Å². The van der Waals surface area contributed by atoms with Gasteiger partial charge in [-0.05, 0) is 31.0 Å². The first-order valence-corrected chi connectivity index (χ1v) is 5.56. The minimum absolute atomic E-state index is 0.0498. The fraction of sp³-hybridized carbons (Fsp3) is 0.417. The zero-order valence-electron chi connectivity index (χ0n) is 9.74. The van der Waals surface area contributed by atoms with E-state index < -0.39 is 11.9 Å². The summed E-state index contributed by atoms with van der Waals surface area (Å²) in [5.41, 5.74) is 5.63. The summed E-state index contributed by atoms with van der Waals surface area (Å²) in [6.07, 6.45) is 0.742. The van der Waals surface area contributed by atoms with Crippen molar-refractivity contribution < 1.29 is 14.3 Å². The lowest BCUT2D eigenvalue weighted by Crippen LogP contribution is -2.27. The molecule has 0 radical (unpaired) electrons. The third-order valence-corrected chi connectivity index (χ3v) is 2.49. The number of hydrogen-bond donors (Lipinski definition) is 3. The van der Waals surface area contributed by atoms with Crippen LogP contribution in [-0.4, -0.2) is 23.7 Å². The van der Waals surface area contributed by atoms with Crippen LogP contribution in [0.25, 0.3) is 0 Å². The Morgan fingerprint density at radius 2 is 2.29 bits per heavy atom. The van der Waals surface area contributed by atoms with Crippen LogP contribution >= 0.6 is 0 Å². The molecule has 0 saturated carbocycles. The van der Waals surface area contributed by atoms with Crippen molar-refractivity contribution in [2.24, 2.45) is 0 Å². The number of halogens is 1. The Bertz CT molecular complexity index is 396. The minimum atomic E-state index is -0.539. The normalized spacial score (nSPS) is 12.2. The van der Waals surface area contributed by atoms with Gasteiger partial charge >= 0.3 is 0 Å². The molecule has 1 amide bonds. The molecule has 17 heavy (non-hydrogen) atoms. The Labute approximate surface area is 99.6 Å². The molecule has 0 aliphatic rings. The Hall–Kier alpha value is -1.62. The predicted octanol–water partition coefficient (Wildman–Crippen LogP) is 1.30. The van der Waals surface area contributed by atoms with E-state index >= 15 is 0 Å². The first-order valence-electron chi connectivity index (χ1n) is 5.56. The number of nitrogens with one attached hydrogen (secondary N) is 1. The largest absolute Gasteiger partial charge is 0.396 e. The third kappa shape index (κ3) is 4.03. The van der Waals surface area contributed by atoms with Crippen molar-refractivity contribution in [1.29, 1.82) is 0 Å². The van der Waals surface area contributed by atoms with E-state index in [4.69, 9.17) is 5.73 Å². The van der Waals surface area contributed by atoms with Gasteiger partial charge in [0.15, 0.2) is 0 Å². The molecule has 1 unspecified atom stereocenters. The molecule has 0 bridgehead atoms. The lowest BCUT2D eigenvalue weighted by molar-refractivity contribution is 0.0942. The van der Waals surface area contributed by atoms with Crippen molar-refractivity contribution in [3.05, 3.63) is 29.6 Å². The number of benzene rings is 1. The third-order valence-electron chi connectivity index (χ3n) is 2.49. The van der Waals surface area contributed by atoms with Gasteiger partial charge in [0, 0.05) is 12.1 Å². The molecule has 0 fully saturated rings. The van der Waals surface area contributed by atoms with Crippen molar-refractivity contribution in [1.82, 2.24) is 5.32 Å². The summed E-state index contributed by atoms with van der Waals surface area (Å²) in [4.78, 5) is 11.6. The van der Waals surface area contributed by atoms with Crippen LogP contribution in [0.5, 0.6) is 0 Å². The van der Waals surface area contributed by atoms with E-state index in [2.05, 4.69) is 5.32 Å². The van der Waals surface area contributed by atoms with Crippen LogP contribution < -0.4 is 11.1 Å². The number of aliphatic hydroxyl groups excluding tert-OH is 1. The summed E-state index contributed by atoms with van der Waals surface area (Å²) >= 11 is 0. The number of nitrogens with two attached hydrogens (primary N) is 1. The van der Waals surface area contributed by atoms with Crippen molar-refractivity contribution in [3.8, 4) is 0 Å². The number of anilines is 1. The number of aliphatic hydroxyl groups is 1. The van der Waals surface area contributed by atoms with E-state index in [1.807, 2.05) is 6.92 Å². The number of rotatable bonds is 5. The van der Waals surface area contributed by atoms with Crippen LogP contribution in [0.2, 0.25) is 0 Å². The average molecular weight is 240 g/mol. The zero-order chi connectivity index (χ0) is 12.8. The quantitative estimate of drug-likeness (QED) is 0.679. The van der Waals surface area contributed by atoms with Gasteiger partial charge in [0.25, 0.3) is 5.91 Å². The van der Waals surface area contributed by atoms with Gasteiger partial charge in [0.1, 0.15) is 5.82 Å². The van der Waals surface area contributed by atoms with Gasteiger partial charge in [0.05, 0.1) is 11.8 Å². The Balaban J connectivity index is 2.50. The highest BCUT2D eigenvalue weighted by molar-refractivity contribution is 5.94. The smallest absolute Gasteiger partial charge is 0.251 e. The van der Waals surface area contributed by atoms with E-state index in [1.165, 1.54) is 12.1 Å². The lowest BCUT2D eigenvalue weighted by Gasteiger charge is -2.09. The van der Waals surface area contributed by atoms with Gasteiger partial charge in [0.2, 0.25) is 0 Å². The number of carbonyl (C=O) groups is 1. The van der Waals surface area contributed by atoms with Gasteiger partial charge in [-0.15, -0.1) is 0 Å². The Kier molecular flexibility index (Phi) is 4.90. The summed E-state index contributed by atoms with van der Waals surface area (Å²) in [6.45, 7) is 2.25. The number of hydrogen-bond acceptors (Lipinski definition) is 3. The molecule has 0 aromatic heterocycles. The van der Waals surface area contributed by atoms with Crippen molar-refractivity contribution in [2.45, 2.75) is 25.9 Å². The molecule has 0 heterocycles. The average Bonchev–Trinajstić information content (AvgIpc) is 2.32. The second-order valence-electron chi connectivity index (χ2n) is 3.84. The maximum Gasteiger partial charge on any atom is 0.251 e. The maximum atomic E-state index is 12.9. The highest BCUT2D eigenvalue weighted by atomic mass is 19.1. The van der Waals surface area contributed by atoms with Gasteiger partial charge < -0.3 is 16.2 Å². The highest BCUT2D eigenvalue weighted by Crippen LogP contribution is 2.12.